The standard InChI is InChI=1S/C10H8Cl2N2O2S/c11-5-3-7-8(4-6(5)12)14-10(13-7)17-2-1-9(15)16/h3-4H,1-2H2,(H,13,14)(H,15,16). The van der Waals surface area contributed by atoms with Crippen LogP contribution < -0.4 is 0 Å². The highest BCUT2D eigenvalue weighted by Gasteiger charge is 2.07. The molecule has 0 unspecified atom stereocenters. The number of halogens is 2. The van der Waals surface area contributed by atoms with Crippen LogP contribution in [0.25, 0.3) is 11.0 Å². The van der Waals surface area contributed by atoms with Crippen molar-refractivity contribution in [1.82, 2.24) is 9.97 Å². The van der Waals surface area contributed by atoms with Crippen LogP contribution in [0.15, 0.2) is 17.3 Å². The third-order valence-corrected chi connectivity index (χ3v) is 3.65. The minimum Gasteiger partial charge on any atom is -0.481 e. The van der Waals surface area contributed by atoms with E-state index in [-0.39, 0.29) is 6.42 Å². The van der Waals surface area contributed by atoms with E-state index in [0.29, 0.717) is 21.0 Å². The summed E-state index contributed by atoms with van der Waals surface area (Å²) in [6.45, 7) is 0. The summed E-state index contributed by atoms with van der Waals surface area (Å²) >= 11 is 13.1. The molecule has 0 saturated heterocycles. The maximum atomic E-state index is 10.4. The van der Waals surface area contributed by atoms with Gasteiger partial charge in [0.1, 0.15) is 0 Å². The Bertz CT molecular complexity index is 532. The van der Waals surface area contributed by atoms with Crippen molar-refractivity contribution in [3.8, 4) is 0 Å². The van der Waals surface area contributed by atoms with Crippen molar-refractivity contribution in [3.63, 3.8) is 0 Å². The number of H-pyrrole nitrogens is 1. The first kappa shape index (κ1) is 12.5. The van der Waals surface area contributed by atoms with E-state index in [1.165, 1.54) is 11.8 Å². The van der Waals surface area contributed by atoms with Crippen LogP contribution in [-0.4, -0.2) is 26.8 Å². The van der Waals surface area contributed by atoms with Gasteiger partial charge in [-0.25, -0.2) is 4.98 Å². The number of hydrogen-bond donors (Lipinski definition) is 2. The summed E-state index contributed by atoms with van der Waals surface area (Å²) in [4.78, 5) is 17.7. The summed E-state index contributed by atoms with van der Waals surface area (Å²) < 4.78 is 0. The number of carboxylic acid groups (broad SMARTS) is 1. The topological polar surface area (TPSA) is 66.0 Å². The molecule has 0 atom stereocenters. The average Bonchev–Trinajstić information content (AvgIpc) is 2.60. The lowest BCUT2D eigenvalue weighted by molar-refractivity contribution is -0.136. The van der Waals surface area contributed by atoms with Gasteiger partial charge in [0.05, 0.1) is 27.5 Å². The molecule has 0 aliphatic rings. The molecule has 1 heterocycles. The number of aromatic amines is 1. The third kappa shape index (κ3) is 3.06. The largest absolute Gasteiger partial charge is 0.481 e. The fraction of sp³-hybridized carbons (Fsp3) is 0.200. The molecule has 7 heteroatoms. The number of nitrogens with one attached hydrogen (secondary N) is 1. The molecule has 90 valence electrons. The normalized spacial score (nSPS) is 10.9. The van der Waals surface area contributed by atoms with Crippen LogP contribution in [0.2, 0.25) is 10.0 Å². The second-order valence-electron chi connectivity index (χ2n) is 3.32. The highest BCUT2D eigenvalue weighted by atomic mass is 35.5. The van der Waals surface area contributed by atoms with Gasteiger partial charge in [-0.05, 0) is 12.1 Å². The van der Waals surface area contributed by atoms with Gasteiger partial charge in [0.15, 0.2) is 5.16 Å². The van der Waals surface area contributed by atoms with Crippen LogP contribution in [0.3, 0.4) is 0 Å². The SMILES string of the molecule is O=C(O)CCSc1nc2cc(Cl)c(Cl)cc2[nH]1. The number of fused-ring (bicyclic) bond motifs is 1. The van der Waals surface area contributed by atoms with Gasteiger partial charge < -0.3 is 10.1 Å². The van der Waals surface area contributed by atoms with Gasteiger partial charge in [-0.1, -0.05) is 35.0 Å². The molecule has 0 amide bonds. The van der Waals surface area contributed by atoms with Gasteiger partial charge in [0, 0.05) is 5.75 Å². The van der Waals surface area contributed by atoms with E-state index in [1.54, 1.807) is 12.1 Å². The van der Waals surface area contributed by atoms with Gasteiger partial charge in [0.2, 0.25) is 0 Å². The summed E-state index contributed by atoms with van der Waals surface area (Å²) in [7, 11) is 0. The Morgan fingerprint density at radius 3 is 2.82 bits per heavy atom. The van der Waals surface area contributed by atoms with Gasteiger partial charge in [0.25, 0.3) is 0 Å². The zero-order chi connectivity index (χ0) is 12.4. The van der Waals surface area contributed by atoms with Crippen LogP contribution in [0, 0.1) is 0 Å². The number of carbonyl (C=O) groups is 1. The first-order valence-corrected chi connectivity index (χ1v) is 6.50. The Kier molecular flexibility index (Phi) is 3.81. The molecular weight excluding hydrogens is 283 g/mol. The zero-order valence-corrected chi connectivity index (χ0v) is 10.9. The Hall–Kier alpha value is -0.910. The smallest absolute Gasteiger partial charge is 0.304 e. The van der Waals surface area contributed by atoms with Gasteiger partial charge in [-0.3, -0.25) is 4.79 Å². The Labute approximate surface area is 111 Å². The van der Waals surface area contributed by atoms with Crippen LogP contribution in [0.4, 0.5) is 0 Å². The maximum Gasteiger partial charge on any atom is 0.304 e. The number of benzene rings is 1. The van der Waals surface area contributed by atoms with Crippen molar-refractivity contribution >= 4 is 52.0 Å². The molecular formula is C10H8Cl2N2O2S. The molecule has 2 N–H and O–H groups in total. The molecule has 4 nitrogen and oxygen atoms in total. The fourth-order valence-corrected chi connectivity index (χ4v) is 2.42. The van der Waals surface area contributed by atoms with Crippen LogP contribution in [-0.2, 0) is 4.79 Å². The molecule has 1 aromatic carbocycles. The van der Waals surface area contributed by atoms with E-state index in [4.69, 9.17) is 28.3 Å². The van der Waals surface area contributed by atoms with Crippen molar-refractivity contribution in [2.24, 2.45) is 0 Å². The molecule has 0 aliphatic heterocycles. The van der Waals surface area contributed by atoms with Gasteiger partial charge in [-0.2, -0.15) is 0 Å². The van der Waals surface area contributed by atoms with Crippen molar-refractivity contribution in [2.45, 2.75) is 11.6 Å². The fourth-order valence-electron chi connectivity index (χ4n) is 1.28. The van der Waals surface area contributed by atoms with Crippen molar-refractivity contribution in [3.05, 3.63) is 22.2 Å². The summed E-state index contributed by atoms with van der Waals surface area (Å²) in [5, 5.41) is 10.1. The van der Waals surface area contributed by atoms with Crippen LogP contribution in [0.1, 0.15) is 6.42 Å². The second kappa shape index (κ2) is 5.16. The lowest BCUT2D eigenvalue weighted by Crippen LogP contribution is -1.95. The van der Waals surface area contributed by atoms with E-state index in [1.807, 2.05) is 0 Å². The molecule has 0 bridgehead atoms. The summed E-state index contributed by atoms with van der Waals surface area (Å²) in [5.41, 5.74) is 1.51. The number of thioether (sulfide) groups is 1. The Morgan fingerprint density at radius 1 is 1.41 bits per heavy atom. The predicted molar refractivity (Wildman–Crippen MR) is 69.1 cm³/mol. The average molecular weight is 291 g/mol. The second-order valence-corrected chi connectivity index (χ2v) is 5.22. The van der Waals surface area contributed by atoms with E-state index < -0.39 is 5.97 Å². The summed E-state index contributed by atoms with van der Waals surface area (Å²) in [6, 6.07) is 3.38. The molecule has 1 aromatic heterocycles. The number of rotatable bonds is 4. The highest BCUT2D eigenvalue weighted by Crippen LogP contribution is 2.28. The zero-order valence-electron chi connectivity index (χ0n) is 8.54. The Balaban J connectivity index is 2.17. The van der Waals surface area contributed by atoms with E-state index in [0.717, 1.165) is 11.0 Å². The molecule has 0 aliphatic carbocycles. The first-order valence-electron chi connectivity index (χ1n) is 4.75. The Morgan fingerprint density at radius 2 is 2.12 bits per heavy atom. The molecule has 0 spiro atoms. The van der Waals surface area contributed by atoms with Crippen molar-refractivity contribution in [2.75, 3.05) is 5.75 Å². The van der Waals surface area contributed by atoms with Crippen molar-refractivity contribution in [1.29, 1.82) is 0 Å². The maximum absolute atomic E-state index is 10.4. The quantitative estimate of drug-likeness (QED) is 0.847. The monoisotopic (exact) mass is 290 g/mol. The molecule has 2 aromatic rings. The lowest BCUT2D eigenvalue weighted by atomic mass is 10.3. The van der Waals surface area contributed by atoms with Crippen LogP contribution >= 0.6 is 35.0 Å². The van der Waals surface area contributed by atoms with Crippen molar-refractivity contribution < 1.29 is 9.90 Å². The summed E-state index contributed by atoms with van der Waals surface area (Å²) in [5.74, 6) is -0.351. The van der Waals surface area contributed by atoms with Gasteiger partial charge >= 0.3 is 5.97 Å². The number of aliphatic carboxylic acids is 1. The lowest BCUT2D eigenvalue weighted by Gasteiger charge is -1.93. The molecule has 0 fully saturated rings. The van der Waals surface area contributed by atoms with E-state index in [2.05, 4.69) is 9.97 Å². The highest BCUT2D eigenvalue weighted by molar-refractivity contribution is 7.99. The number of nitrogens with zero attached hydrogens (tertiary/aromatic N) is 1. The van der Waals surface area contributed by atoms with E-state index in [9.17, 15) is 4.79 Å². The minimum atomic E-state index is -0.820. The minimum absolute atomic E-state index is 0.100. The van der Waals surface area contributed by atoms with Gasteiger partial charge in [-0.15, -0.1) is 0 Å². The molecule has 2 rings (SSSR count). The molecule has 0 saturated carbocycles. The number of aromatic nitrogens is 2. The number of imidazole rings is 1. The van der Waals surface area contributed by atoms with Crippen LogP contribution in [0.5, 0.6) is 0 Å². The van der Waals surface area contributed by atoms with E-state index >= 15 is 0 Å². The predicted octanol–water partition coefficient (Wildman–Crippen LogP) is 3.44. The number of hydrogen-bond acceptors (Lipinski definition) is 3. The first-order chi connectivity index (χ1) is 8.06. The molecule has 17 heavy (non-hydrogen) atoms. The third-order valence-electron chi connectivity index (χ3n) is 2.06. The molecule has 0 radical (unpaired) electrons. The number of carboxylic acids is 1. The summed E-state index contributed by atoms with van der Waals surface area (Å²) in [6.07, 6.45) is 0.100.